The zero-order chi connectivity index (χ0) is 54.1. The summed E-state index contributed by atoms with van der Waals surface area (Å²) in [6.07, 6.45) is 68.1. The molecule has 0 aromatic heterocycles. The summed E-state index contributed by atoms with van der Waals surface area (Å²) < 4.78 is 22.6. The fourth-order valence-electron chi connectivity index (χ4n) is 9.08. The number of carbonyl (C=O) groups excluding carboxylic acids is 3. The van der Waals surface area contributed by atoms with Gasteiger partial charge in [-0.05, 0) is 38.5 Å². The molecule has 432 valence electrons. The Kier molecular flexibility index (Phi) is 54.4. The molecule has 0 heterocycles. The minimum absolute atomic E-state index is 0.127. The summed E-state index contributed by atoms with van der Waals surface area (Å²) >= 11 is 0. The largest absolute Gasteiger partial charge is 0.545 e. The standard InChI is InChI=1S/C65H119NO8/c1-6-8-10-12-14-16-18-20-21-22-23-24-25-26-27-28-29-30-31-32-33-34-35-36-37-38-39-40-41-42-44-45-47-49-51-53-55-62(67)72-59-61(60-73-65(64(69)70)71-58-57-66(3,4)5)74-63(68)56-54-52-50-48-46-43-19-17-15-13-11-9-7-2/h9,11,15,17,43,46,50,52,61,65H,6-8,10,12-14,16,18-42,44-45,47-49,51,53-60H2,1-5H3/b11-9-,17-15-,46-43-,52-50-. The highest BCUT2D eigenvalue weighted by atomic mass is 16.7. The van der Waals surface area contributed by atoms with Gasteiger partial charge in [0.15, 0.2) is 12.4 Å². The number of carbonyl (C=O) groups is 3. The highest BCUT2D eigenvalue weighted by molar-refractivity contribution is 5.70. The first-order valence-electron chi connectivity index (χ1n) is 31.3. The van der Waals surface area contributed by atoms with Crippen molar-refractivity contribution in [2.24, 2.45) is 0 Å². The first-order chi connectivity index (χ1) is 36.1. The number of carboxylic acids is 1. The molecule has 0 aromatic rings. The zero-order valence-corrected chi connectivity index (χ0v) is 49.2. The maximum atomic E-state index is 12.8. The van der Waals surface area contributed by atoms with Gasteiger partial charge in [0, 0.05) is 12.8 Å². The molecule has 0 spiro atoms. The SMILES string of the molecule is CC/C=C\C/C=C\C/C=C\C/C=C\CCC(=O)OC(COC(=O)CCCCCCCCCCCCCCCCCCCCCCCCCCCCCCCCCCCCCC)COC(OCC[N+](C)(C)C)C(=O)[O-]. The van der Waals surface area contributed by atoms with E-state index >= 15 is 0 Å². The zero-order valence-electron chi connectivity index (χ0n) is 49.2. The van der Waals surface area contributed by atoms with Gasteiger partial charge in [0.1, 0.15) is 13.2 Å². The second-order valence-electron chi connectivity index (χ2n) is 22.3. The lowest BCUT2D eigenvalue weighted by molar-refractivity contribution is -0.870. The van der Waals surface area contributed by atoms with E-state index in [0.29, 0.717) is 17.4 Å². The molecule has 0 aliphatic rings. The minimum Gasteiger partial charge on any atom is -0.545 e. The van der Waals surface area contributed by atoms with Crippen LogP contribution in [-0.4, -0.2) is 82.3 Å². The number of esters is 2. The number of rotatable bonds is 58. The number of likely N-dealkylation sites (N-methyl/N-ethyl adjacent to an activating group) is 1. The Morgan fingerprint density at radius 3 is 1.12 bits per heavy atom. The topological polar surface area (TPSA) is 111 Å². The van der Waals surface area contributed by atoms with E-state index in [1.807, 2.05) is 33.3 Å². The van der Waals surface area contributed by atoms with E-state index in [4.69, 9.17) is 18.9 Å². The molecule has 74 heavy (non-hydrogen) atoms. The molecule has 0 saturated heterocycles. The minimum atomic E-state index is -1.64. The van der Waals surface area contributed by atoms with Crippen LogP contribution in [-0.2, 0) is 33.3 Å². The first-order valence-corrected chi connectivity index (χ1v) is 31.3. The molecule has 0 aliphatic carbocycles. The lowest BCUT2D eigenvalue weighted by Gasteiger charge is -2.26. The van der Waals surface area contributed by atoms with Gasteiger partial charge in [0.2, 0.25) is 0 Å². The van der Waals surface area contributed by atoms with Crippen LogP contribution in [0.5, 0.6) is 0 Å². The third kappa shape index (κ3) is 57.0. The van der Waals surface area contributed by atoms with Gasteiger partial charge in [-0.25, -0.2) is 0 Å². The average molecular weight is 1040 g/mol. The van der Waals surface area contributed by atoms with Crippen molar-refractivity contribution in [3.8, 4) is 0 Å². The number of unbranched alkanes of at least 4 members (excludes halogenated alkanes) is 35. The van der Waals surface area contributed by atoms with Gasteiger partial charge in [-0.3, -0.25) is 9.59 Å². The van der Waals surface area contributed by atoms with Crippen LogP contribution < -0.4 is 5.11 Å². The third-order valence-electron chi connectivity index (χ3n) is 13.9. The molecular weight excluding hydrogens is 923 g/mol. The van der Waals surface area contributed by atoms with Gasteiger partial charge in [-0.1, -0.05) is 287 Å². The summed E-state index contributed by atoms with van der Waals surface area (Å²) in [4.78, 5) is 37.1. The van der Waals surface area contributed by atoms with Crippen molar-refractivity contribution in [2.45, 2.75) is 302 Å². The molecule has 0 aromatic carbocycles. The molecule has 0 rings (SSSR count). The predicted molar refractivity (Wildman–Crippen MR) is 311 cm³/mol. The normalized spacial score (nSPS) is 13.0. The summed E-state index contributed by atoms with van der Waals surface area (Å²) in [5.74, 6) is -2.38. The average Bonchev–Trinajstić information content (AvgIpc) is 3.37. The van der Waals surface area contributed by atoms with E-state index < -0.39 is 24.3 Å². The summed E-state index contributed by atoms with van der Waals surface area (Å²) in [6.45, 7) is 4.57. The molecule has 2 unspecified atom stereocenters. The maximum absolute atomic E-state index is 12.8. The van der Waals surface area contributed by atoms with E-state index in [1.165, 1.54) is 212 Å². The Morgan fingerprint density at radius 2 is 0.770 bits per heavy atom. The van der Waals surface area contributed by atoms with Crippen LogP contribution in [0, 0.1) is 0 Å². The lowest BCUT2D eigenvalue weighted by atomic mass is 10.0. The molecule has 9 heteroatoms. The summed E-state index contributed by atoms with van der Waals surface area (Å²) in [5.41, 5.74) is 0. The molecule has 9 nitrogen and oxygen atoms in total. The number of aliphatic carboxylic acids is 1. The van der Waals surface area contributed by atoms with Crippen LogP contribution in [0.2, 0.25) is 0 Å². The third-order valence-corrected chi connectivity index (χ3v) is 13.9. The number of hydrogen-bond donors (Lipinski definition) is 0. The summed E-state index contributed by atoms with van der Waals surface area (Å²) in [6, 6.07) is 0. The predicted octanol–water partition coefficient (Wildman–Crippen LogP) is 17.3. The van der Waals surface area contributed by atoms with Gasteiger partial charge in [0.05, 0.1) is 40.3 Å². The Hall–Kier alpha value is -2.75. The monoisotopic (exact) mass is 1040 g/mol. The van der Waals surface area contributed by atoms with Gasteiger partial charge in [-0.15, -0.1) is 0 Å². The molecular formula is C65H119NO8. The van der Waals surface area contributed by atoms with Crippen molar-refractivity contribution >= 4 is 17.9 Å². The highest BCUT2D eigenvalue weighted by Gasteiger charge is 2.21. The van der Waals surface area contributed by atoms with Crippen molar-refractivity contribution in [1.29, 1.82) is 0 Å². The van der Waals surface area contributed by atoms with Crippen LogP contribution in [0.4, 0.5) is 0 Å². The molecule has 0 radical (unpaired) electrons. The molecule has 2 atom stereocenters. The first kappa shape index (κ1) is 71.2. The quantitative estimate of drug-likeness (QED) is 0.0195. The Labute approximate surface area is 457 Å². The fraction of sp³-hybridized carbons (Fsp3) is 0.831. The van der Waals surface area contributed by atoms with Crippen molar-refractivity contribution < 1.29 is 42.9 Å². The summed E-state index contributed by atoms with van der Waals surface area (Å²) in [7, 11) is 5.90. The van der Waals surface area contributed by atoms with E-state index in [1.54, 1.807) is 0 Å². The van der Waals surface area contributed by atoms with E-state index in [9.17, 15) is 19.5 Å². The number of quaternary nitrogens is 1. The smallest absolute Gasteiger partial charge is 0.306 e. The van der Waals surface area contributed by atoms with Crippen molar-refractivity contribution in [3.05, 3.63) is 48.6 Å². The Bertz CT molecular complexity index is 1350. The fourth-order valence-corrected chi connectivity index (χ4v) is 9.08. The molecule has 0 N–H and O–H groups in total. The lowest BCUT2D eigenvalue weighted by Crippen LogP contribution is -2.44. The number of carboxylic acid groups (broad SMARTS) is 1. The number of hydrogen-bond acceptors (Lipinski definition) is 8. The van der Waals surface area contributed by atoms with Crippen molar-refractivity contribution in [1.82, 2.24) is 0 Å². The van der Waals surface area contributed by atoms with Crippen LogP contribution in [0.1, 0.15) is 290 Å². The maximum Gasteiger partial charge on any atom is 0.306 e. The van der Waals surface area contributed by atoms with Gasteiger partial charge < -0.3 is 33.3 Å². The van der Waals surface area contributed by atoms with Gasteiger partial charge in [-0.2, -0.15) is 0 Å². The highest BCUT2D eigenvalue weighted by Crippen LogP contribution is 2.18. The van der Waals surface area contributed by atoms with Crippen molar-refractivity contribution in [2.75, 3.05) is 47.5 Å². The van der Waals surface area contributed by atoms with Crippen LogP contribution >= 0.6 is 0 Å². The molecule has 0 fully saturated rings. The van der Waals surface area contributed by atoms with Gasteiger partial charge >= 0.3 is 11.9 Å². The summed E-state index contributed by atoms with van der Waals surface area (Å²) in [5, 5.41) is 11.7. The molecule has 0 saturated carbocycles. The molecule has 0 aliphatic heterocycles. The molecule has 0 amide bonds. The Balaban J connectivity index is 3.96. The van der Waals surface area contributed by atoms with E-state index in [2.05, 4.69) is 50.3 Å². The number of ether oxygens (including phenoxy) is 4. The van der Waals surface area contributed by atoms with Crippen LogP contribution in [0.3, 0.4) is 0 Å². The number of allylic oxidation sites excluding steroid dienone is 8. The van der Waals surface area contributed by atoms with Crippen LogP contribution in [0.15, 0.2) is 48.6 Å². The number of nitrogens with zero attached hydrogens (tertiary/aromatic N) is 1. The second-order valence-corrected chi connectivity index (χ2v) is 22.3. The van der Waals surface area contributed by atoms with Crippen LogP contribution in [0.25, 0.3) is 0 Å². The molecule has 0 bridgehead atoms. The van der Waals surface area contributed by atoms with Gasteiger partial charge in [0.25, 0.3) is 0 Å². The van der Waals surface area contributed by atoms with E-state index in [0.717, 1.165) is 44.9 Å². The van der Waals surface area contributed by atoms with E-state index in [-0.39, 0.29) is 38.6 Å². The van der Waals surface area contributed by atoms with Crippen molar-refractivity contribution in [3.63, 3.8) is 0 Å². The Morgan fingerprint density at radius 1 is 0.419 bits per heavy atom. The second kappa shape index (κ2) is 56.5.